The van der Waals surface area contributed by atoms with Crippen LogP contribution in [0, 0.1) is 6.92 Å². The van der Waals surface area contributed by atoms with Crippen molar-refractivity contribution in [2.45, 2.75) is 19.8 Å². The first kappa shape index (κ1) is 29.5. The minimum atomic E-state index is -1.16. The van der Waals surface area contributed by atoms with Crippen molar-refractivity contribution in [2.75, 3.05) is 20.3 Å². The fourth-order valence-corrected chi connectivity index (χ4v) is 4.00. The molecule has 3 aromatic carbocycles. The second kappa shape index (κ2) is 14.2. The molecule has 0 aliphatic rings. The Morgan fingerprint density at radius 1 is 0.850 bits per heavy atom. The predicted octanol–water partition coefficient (Wildman–Crippen LogP) is 4.31. The van der Waals surface area contributed by atoms with E-state index in [1.54, 1.807) is 30.3 Å². The Balaban J connectivity index is 1.95. The van der Waals surface area contributed by atoms with Crippen molar-refractivity contribution in [3.05, 3.63) is 94.8 Å². The van der Waals surface area contributed by atoms with Gasteiger partial charge in [-0.25, -0.2) is 9.59 Å². The molecular formula is C29H28O11. The second-order valence-corrected chi connectivity index (χ2v) is 8.52. The number of carboxylic acids is 2. The number of rotatable bonds is 16. The van der Waals surface area contributed by atoms with E-state index in [9.17, 15) is 19.5 Å². The number of carbonyl (C=O) groups excluding carboxylic acids is 1. The summed E-state index contributed by atoms with van der Waals surface area (Å²) in [6.45, 7) is 4.12. The zero-order valence-corrected chi connectivity index (χ0v) is 21.9. The second-order valence-electron chi connectivity index (χ2n) is 8.52. The first-order valence-electron chi connectivity index (χ1n) is 11.9. The number of carbonyl (C=O) groups is 3. The first-order valence-corrected chi connectivity index (χ1v) is 11.9. The number of benzene rings is 3. The van der Waals surface area contributed by atoms with E-state index in [2.05, 4.69) is 16.5 Å². The molecule has 3 rings (SSSR count). The van der Waals surface area contributed by atoms with Crippen LogP contribution in [-0.4, -0.2) is 48.8 Å². The van der Waals surface area contributed by atoms with Gasteiger partial charge in [0.25, 0.3) is 0 Å². The van der Waals surface area contributed by atoms with Crippen molar-refractivity contribution in [1.29, 1.82) is 0 Å². The topological polar surface area (TPSA) is 147 Å². The number of hydrogen-bond acceptors (Lipinski definition) is 9. The summed E-state index contributed by atoms with van der Waals surface area (Å²) >= 11 is 0. The van der Waals surface area contributed by atoms with Crippen LogP contribution >= 0.6 is 0 Å². The molecule has 0 saturated carbocycles. The van der Waals surface area contributed by atoms with Crippen molar-refractivity contribution < 1.29 is 53.6 Å². The summed E-state index contributed by atoms with van der Waals surface area (Å²) in [4.78, 5) is 43.4. The van der Waals surface area contributed by atoms with Gasteiger partial charge in [-0.15, -0.1) is 0 Å². The zero-order chi connectivity index (χ0) is 29.1. The van der Waals surface area contributed by atoms with Crippen LogP contribution in [0.3, 0.4) is 0 Å². The minimum Gasteiger partial charge on any atom is -0.493 e. The molecule has 0 aromatic heterocycles. The maximum absolute atomic E-state index is 11.6. The molecule has 11 nitrogen and oxygen atoms in total. The van der Waals surface area contributed by atoms with Gasteiger partial charge in [-0.05, 0) is 53.4 Å². The van der Waals surface area contributed by atoms with Gasteiger partial charge in [-0.1, -0.05) is 36.4 Å². The molecule has 0 heterocycles. The molecule has 0 spiro atoms. The molecule has 11 heteroatoms. The van der Waals surface area contributed by atoms with E-state index >= 15 is 0 Å². The summed E-state index contributed by atoms with van der Waals surface area (Å²) in [6, 6.07) is 13.7. The average Bonchev–Trinajstić information content (AvgIpc) is 2.92. The van der Waals surface area contributed by atoms with E-state index in [0.717, 1.165) is 23.0 Å². The van der Waals surface area contributed by atoms with Crippen molar-refractivity contribution >= 4 is 18.2 Å². The number of hydrogen-bond donors (Lipinski definition) is 2. The highest BCUT2D eigenvalue weighted by Crippen LogP contribution is 2.34. The van der Waals surface area contributed by atoms with Crippen molar-refractivity contribution in [3.63, 3.8) is 0 Å². The monoisotopic (exact) mass is 552 g/mol. The lowest BCUT2D eigenvalue weighted by molar-refractivity contribution is -0.439. The third-order valence-electron chi connectivity index (χ3n) is 5.53. The Bertz CT molecular complexity index is 1380. The lowest BCUT2D eigenvalue weighted by Crippen LogP contribution is -2.13. The summed E-state index contributed by atoms with van der Waals surface area (Å²) in [5, 5.41) is 22.7. The quantitative estimate of drug-likeness (QED) is 0.0861. The highest BCUT2D eigenvalue weighted by Gasteiger charge is 2.17. The van der Waals surface area contributed by atoms with Gasteiger partial charge in [0.15, 0.2) is 25.2 Å². The van der Waals surface area contributed by atoms with Gasteiger partial charge in [-0.2, -0.15) is 0 Å². The Labute approximate surface area is 229 Å². The van der Waals surface area contributed by atoms with Gasteiger partial charge in [0, 0.05) is 17.9 Å². The maximum Gasteiger partial charge on any atom is 0.341 e. The molecule has 0 radical (unpaired) electrons. The van der Waals surface area contributed by atoms with Crippen LogP contribution < -0.4 is 19.1 Å². The Morgan fingerprint density at radius 2 is 1.45 bits per heavy atom. The number of aliphatic carboxylic acids is 2. The molecule has 0 fully saturated rings. The largest absolute Gasteiger partial charge is 0.493 e. The molecule has 0 unspecified atom stereocenters. The number of methoxy groups -OCH3 is 1. The van der Waals surface area contributed by atoms with Crippen LogP contribution in [0.25, 0.3) is 0 Å². The smallest absolute Gasteiger partial charge is 0.341 e. The van der Waals surface area contributed by atoms with Gasteiger partial charge in [0.2, 0.25) is 5.75 Å². The van der Waals surface area contributed by atoms with Crippen LogP contribution in [0.15, 0.2) is 61.4 Å². The molecule has 0 aliphatic heterocycles. The van der Waals surface area contributed by atoms with E-state index in [-0.39, 0.29) is 17.1 Å². The number of aldehydes is 1. The van der Waals surface area contributed by atoms with Gasteiger partial charge >= 0.3 is 11.9 Å². The Kier molecular flexibility index (Phi) is 10.5. The minimum absolute atomic E-state index is 0.149. The molecule has 3 aromatic rings. The maximum atomic E-state index is 11.6. The lowest BCUT2D eigenvalue weighted by atomic mass is 9.94. The number of ether oxygens (including phenoxy) is 3. The number of carboxylic acid groups (broad SMARTS) is 2. The Morgan fingerprint density at radius 3 is 2.02 bits per heavy atom. The summed E-state index contributed by atoms with van der Waals surface area (Å²) in [7, 11) is 1.47. The summed E-state index contributed by atoms with van der Waals surface area (Å²) in [5.74, 6) is -1.11. The highest BCUT2D eigenvalue weighted by molar-refractivity contribution is 5.80. The fraction of sp³-hybridized carbons (Fsp3) is 0.207. The highest BCUT2D eigenvalue weighted by atomic mass is 17.5. The van der Waals surface area contributed by atoms with Crippen LogP contribution in [0.2, 0.25) is 0 Å². The van der Waals surface area contributed by atoms with E-state index < -0.39 is 25.2 Å². The summed E-state index contributed by atoms with van der Waals surface area (Å²) in [6.07, 6.45) is 2.31. The van der Waals surface area contributed by atoms with Crippen LogP contribution in [-0.2, 0) is 32.4 Å². The van der Waals surface area contributed by atoms with Crippen LogP contribution in [0.1, 0.15) is 38.2 Å². The van der Waals surface area contributed by atoms with Gasteiger partial charge in [0.05, 0.1) is 12.7 Å². The molecular weight excluding hydrogens is 524 g/mol. The van der Waals surface area contributed by atoms with Gasteiger partial charge in [-0.3, -0.25) is 9.68 Å². The Hall–Kier alpha value is -5.03. The zero-order valence-electron chi connectivity index (χ0n) is 21.9. The van der Waals surface area contributed by atoms with Crippen molar-refractivity contribution in [2.24, 2.45) is 0 Å². The van der Waals surface area contributed by atoms with E-state index in [1.807, 2.05) is 19.1 Å². The molecule has 40 heavy (non-hydrogen) atoms. The van der Waals surface area contributed by atoms with Gasteiger partial charge < -0.3 is 29.3 Å². The van der Waals surface area contributed by atoms with Crippen molar-refractivity contribution in [3.8, 4) is 23.0 Å². The van der Waals surface area contributed by atoms with E-state index in [1.165, 1.54) is 13.2 Å². The molecule has 0 amide bonds. The van der Waals surface area contributed by atoms with E-state index in [4.69, 9.17) is 24.2 Å². The van der Waals surface area contributed by atoms with Gasteiger partial charge in [0.1, 0.15) is 17.8 Å². The van der Waals surface area contributed by atoms with E-state index in [0.29, 0.717) is 41.8 Å². The molecule has 2 N–H and O–H groups in total. The fourth-order valence-electron chi connectivity index (χ4n) is 4.00. The van der Waals surface area contributed by atoms with Crippen LogP contribution in [0.5, 0.6) is 23.0 Å². The summed E-state index contributed by atoms with van der Waals surface area (Å²) in [5.41, 5.74) is 4.06. The summed E-state index contributed by atoms with van der Waals surface area (Å²) < 4.78 is 16.3. The first-order chi connectivity index (χ1) is 19.2. The average molecular weight is 553 g/mol. The van der Waals surface area contributed by atoms with Crippen LogP contribution in [0.4, 0.5) is 0 Å². The lowest BCUT2D eigenvalue weighted by Gasteiger charge is -2.18. The third-order valence-corrected chi connectivity index (χ3v) is 5.53. The standard InChI is InChI=1S/C29H28O11/c1-4-38-40-39-25-8-6-20(14-26(25)35-3)12-22-10-18(2)9-21(29(22)37-17-28(33)34)11-19-5-7-24(23(13-19)15-30)36-16-27(31)32/h4-10,13-15H,1,11-12,16-17H2,2-3H3,(H,31,32)(H,33,34). The van der Waals surface area contributed by atoms with Crippen molar-refractivity contribution in [1.82, 2.24) is 0 Å². The molecule has 0 saturated heterocycles. The normalized spacial score (nSPS) is 10.3. The third kappa shape index (κ3) is 8.23. The molecule has 0 atom stereocenters. The number of aryl methyl sites for hydroxylation is 1. The molecule has 210 valence electrons. The molecule has 0 bridgehead atoms. The SMILES string of the molecule is C=COOOc1ccc(Cc2cc(C)cc(Cc3ccc(OCC(=O)O)c(C=O)c3)c2OCC(=O)O)cc1OC. The predicted molar refractivity (Wildman–Crippen MR) is 141 cm³/mol. The molecule has 0 aliphatic carbocycles.